The molecule has 2 saturated heterocycles. The molecule has 5 rings (SSSR count). The normalized spacial score (nSPS) is 25.9. The number of nitrogens with zero attached hydrogens (tertiary/aromatic N) is 2. The zero-order chi connectivity index (χ0) is 25.7. The number of esters is 1. The molecule has 4 atom stereocenters. The molecule has 2 aliphatic heterocycles. The maximum absolute atomic E-state index is 13.1. The van der Waals surface area contributed by atoms with E-state index < -0.39 is 11.9 Å². The average Bonchev–Trinajstić information content (AvgIpc) is 3.32. The van der Waals surface area contributed by atoms with Crippen molar-refractivity contribution in [2.24, 2.45) is 23.7 Å². The first-order valence-electron chi connectivity index (χ1n) is 12.7. The molecule has 0 aromatic heterocycles. The highest BCUT2D eigenvalue weighted by Crippen LogP contribution is 2.43. The van der Waals surface area contributed by atoms with Gasteiger partial charge in [-0.1, -0.05) is 24.6 Å². The number of benzene rings is 2. The lowest BCUT2D eigenvalue weighted by Crippen LogP contribution is -2.31. The lowest BCUT2D eigenvalue weighted by molar-refractivity contribution is -0.139. The molecular formula is C29H32N2O5. The first-order valence-corrected chi connectivity index (χ1v) is 12.7. The topological polar surface area (TPSA) is 84.0 Å². The number of ether oxygens (including phenoxy) is 1. The predicted octanol–water partition coefficient (Wildman–Crippen LogP) is 4.50. The molecule has 0 unspecified atom stereocenters. The molecule has 2 aromatic carbocycles. The first-order chi connectivity index (χ1) is 17.1. The summed E-state index contributed by atoms with van der Waals surface area (Å²) < 4.78 is 5.63. The third-order valence-electron chi connectivity index (χ3n) is 7.92. The second-order valence-corrected chi connectivity index (χ2v) is 10.7. The van der Waals surface area contributed by atoms with Gasteiger partial charge in [0.05, 0.1) is 23.4 Å². The molecule has 0 spiro atoms. The summed E-state index contributed by atoms with van der Waals surface area (Å²) in [5.41, 5.74) is 4.15. The Bertz CT molecular complexity index is 1270. The summed E-state index contributed by atoms with van der Waals surface area (Å²) in [6.45, 7) is 8.16. The van der Waals surface area contributed by atoms with E-state index in [9.17, 15) is 19.2 Å². The van der Waals surface area contributed by atoms with Crippen LogP contribution in [-0.4, -0.2) is 30.2 Å². The summed E-state index contributed by atoms with van der Waals surface area (Å²) in [5, 5.41) is 0. The Hall–Kier alpha value is -3.48. The van der Waals surface area contributed by atoms with Crippen molar-refractivity contribution in [3.63, 3.8) is 0 Å². The highest BCUT2D eigenvalue weighted by Gasteiger charge is 2.50. The van der Waals surface area contributed by atoms with Gasteiger partial charge in [0, 0.05) is 18.7 Å². The molecule has 0 bridgehead atoms. The smallest absolute Gasteiger partial charge is 0.316 e. The Kier molecular flexibility index (Phi) is 6.18. The fourth-order valence-corrected chi connectivity index (χ4v) is 5.98. The van der Waals surface area contributed by atoms with Crippen molar-refractivity contribution in [1.29, 1.82) is 0 Å². The highest BCUT2D eigenvalue weighted by atomic mass is 16.5. The molecule has 1 aliphatic carbocycles. The van der Waals surface area contributed by atoms with Gasteiger partial charge in [-0.05, 0) is 81.3 Å². The molecule has 0 radical (unpaired) electrons. The minimum Gasteiger partial charge on any atom is -0.426 e. The van der Waals surface area contributed by atoms with E-state index in [4.69, 9.17) is 4.74 Å². The van der Waals surface area contributed by atoms with Crippen molar-refractivity contribution >= 4 is 35.1 Å². The van der Waals surface area contributed by atoms with Gasteiger partial charge in [-0.3, -0.25) is 19.2 Å². The number of rotatable bonds is 4. The summed E-state index contributed by atoms with van der Waals surface area (Å²) in [6.07, 6.45) is 2.56. The molecule has 1 saturated carbocycles. The Morgan fingerprint density at radius 3 is 2.31 bits per heavy atom. The van der Waals surface area contributed by atoms with E-state index in [1.54, 1.807) is 30.0 Å². The highest BCUT2D eigenvalue weighted by molar-refractivity contribution is 6.22. The van der Waals surface area contributed by atoms with E-state index in [0.29, 0.717) is 22.9 Å². The Labute approximate surface area is 211 Å². The van der Waals surface area contributed by atoms with Gasteiger partial charge >= 0.3 is 5.97 Å². The zero-order valence-corrected chi connectivity index (χ0v) is 21.2. The maximum atomic E-state index is 13.1. The van der Waals surface area contributed by atoms with Gasteiger partial charge in [-0.15, -0.1) is 0 Å². The quantitative estimate of drug-likeness (QED) is 0.360. The molecule has 2 heterocycles. The van der Waals surface area contributed by atoms with E-state index in [-0.39, 0.29) is 42.5 Å². The molecule has 7 nitrogen and oxygen atoms in total. The van der Waals surface area contributed by atoms with Crippen molar-refractivity contribution in [3.8, 4) is 5.75 Å². The standard InChI is InChI=1S/C29H32N2O5/c1-16-6-9-24(18(3)11-16)30-15-20(14-26(30)32)29(35)36-21-7-10-25(19(4)13-21)31-27(33)22-8-5-17(2)12-23(22)28(31)34/h6-7,9-11,13,17,20,22-23H,5,8,12,14-15H2,1-4H3/t17-,20+,22+,23-/m0/s1. The van der Waals surface area contributed by atoms with Crippen molar-refractivity contribution < 1.29 is 23.9 Å². The van der Waals surface area contributed by atoms with Crippen molar-refractivity contribution in [2.45, 2.75) is 53.4 Å². The molecule has 36 heavy (non-hydrogen) atoms. The van der Waals surface area contributed by atoms with Crippen LogP contribution < -0.4 is 14.5 Å². The zero-order valence-electron chi connectivity index (χ0n) is 21.2. The SMILES string of the molecule is Cc1ccc(N2C[C@H](C(=O)Oc3ccc(N4C(=O)[C@H]5C[C@@H](C)CC[C@H]5C4=O)c(C)c3)CC2=O)c(C)c1. The summed E-state index contributed by atoms with van der Waals surface area (Å²) in [5.74, 6) is -1.06. The maximum Gasteiger partial charge on any atom is 0.316 e. The minimum absolute atomic E-state index is 0.0984. The molecule has 0 N–H and O–H groups in total. The fourth-order valence-electron chi connectivity index (χ4n) is 5.98. The molecule has 3 aliphatic rings. The van der Waals surface area contributed by atoms with Crippen LogP contribution in [0.25, 0.3) is 0 Å². The van der Waals surface area contributed by atoms with Gasteiger partial charge in [-0.25, -0.2) is 4.90 Å². The van der Waals surface area contributed by atoms with Crippen LogP contribution in [0.3, 0.4) is 0 Å². The van der Waals surface area contributed by atoms with Crippen LogP contribution in [0, 0.1) is 44.4 Å². The predicted molar refractivity (Wildman–Crippen MR) is 136 cm³/mol. The minimum atomic E-state index is -0.565. The van der Waals surface area contributed by atoms with Crippen LogP contribution in [0.1, 0.15) is 49.3 Å². The Morgan fingerprint density at radius 2 is 1.58 bits per heavy atom. The molecule has 3 fully saturated rings. The second-order valence-electron chi connectivity index (χ2n) is 10.7. The number of hydrogen-bond acceptors (Lipinski definition) is 5. The van der Waals surface area contributed by atoms with E-state index in [2.05, 4.69) is 6.92 Å². The molecule has 7 heteroatoms. The van der Waals surface area contributed by atoms with Crippen LogP contribution in [0.4, 0.5) is 11.4 Å². The van der Waals surface area contributed by atoms with E-state index in [0.717, 1.165) is 36.1 Å². The van der Waals surface area contributed by atoms with Crippen LogP contribution >= 0.6 is 0 Å². The molecular weight excluding hydrogens is 456 g/mol. The third-order valence-corrected chi connectivity index (χ3v) is 7.92. The number of carbonyl (C=O) groups excluding carboxylic acids is 4. The van der Waals surface area contributed by atoms with Crippen LogP contribution in [-0.2, 0) is 19.2 Å². The van der Waals surface area contributed by atoms with Crippen LogP contribution in [0.2, 0.25) is 0 Å². The van der Waals surface area contributed by atoms with Crippen molar-refractivity contribution in [2.75, 3.05) is 16.3 Å². The average molecular weight is 489 g/mol. The van der Waals surface area contributed by atoms with Gasteiger partial charge in [0.15, 0.2) is 0 Å². The Balaban J connectivity index is 1.28. The van der Waals surface area contributed by atoms with E-state index in [1.165, 1.54) is 4.90 Å². The fraction of sp³-hybridized carbons (Fsp3) is 0.448. The third kappa shape index (κ3) is 4.21. The number of anilines is 2. The lowest BCUT2D eigenvalue weighted by atomic mass is 9.76. The largest absolute Gasteiger partial charge is 0.426 e. The summed E-state index contributed by atoms with van der Waals surface area (Å²) in [4.78, 5) is 54.7. The lowest BCUT2D eigenvalue weighted by Gasteiger charge is -2.25. The molecule has 3 amide bonds. The molecule has 2 aromatic rings. The number of aryl methyl sites for hydroxylation is 3. The monoisotopic (exact) mass is 488 g/mol. The number of amides is 3. The van der Waals surface area contributed by atoms with Gasteiger partial charge < -0.3 is 9.64 Å². The van der Waals surface area contributed by atoms with E-state index >= 15 is 0 Å². The number of imide groups is 1. The number of fused-ring (bicyclic) bond motifs is 1. The first kappa shape index (κ1) is 24.2. The summed E-state index contributed by atoms with van der Waals surface area (Å²) in [6, 6.07) is 10.9. The van der Waals surface area contributed by atoms with Gasteiger partial charge in [0.1, 0.15) is 5.75 Å². The van der Waals surface area contributed by atoms with Gasteiger partial charge in [-0.2, -0.15) is 0 Å². The summed E-state index contributed by atoms with van der Waals surface area (Å²) in [7, 11) is 0. The van der Waals surface area contributed by atoms with Crippen molar-refractivity contribution in [3.05, 3.63) is 53.1 Å². The Morgan fingerprint density at radius 1 is 0.889 bits per heavy atom. The van der Waals surface area contributed by atoms with Crippen molar-refractivity contribution in [1.82, 2.24) is 0 Å². The molecule has 188 valence electrons. The van der Waals surface area contributed by atoms with Crippen LogP contribution in [0.15, 0.2) is 36.4 Å². The second kappa shape index (κ2) is 9.19. The van der Waals surface area contributed by atoms with Crippen LogP contribution in [0.5, 0.6) is 5.75 Å². The van der Waals surface area contributed by atoms with Gasteiger partial charge in [0.25, 0.3) is 0 Å². The number of hydrogen-bond donors (Lipinski definition) is 0. The summed E-state index contributed by atoms with van der Waals surface area (Å²) >= 11 is 0. The number of carbonyl (C=O) groups is 4. The van der Waals surface area contributed by atoms with E-state index in [1.807, 2.05) is 32.0 Å². The van der Waals surface area contributed by atoms with Gasteiger partial charge in [0.2, 0.25) is 17.7 Å².